The number of carbonyl (C=O) groups is 2. The van der Waals surface area contributed by atoms with Gasteiger partial charge in [-0.25, -0.2) is 9.36 Å². The Labute approximate surface area is 332 Å². The molecule has 1 N–H and O–H groups in total. The molecule has 0 aromatic heterocycles. The number of nitrogens with one attached hydrogen (secondary N) is 1. The maximum Gasteiger partial charge on any atom is 0.474 e. The lowest BCUT2D eigenvalue weighted by Gasteiger charge is -2.22. The summed E-state index contributed by atoms with van der Waals surface area (Å²) in [4.78, 5) is 24.7. The first kappa shape index (κ1) is 52.8. The predicted molar refractivity (Wildman–Crippen MR) is 222 cm³/mol. The van der Waals surface area contributed by atoms with Gasteiger partial charge in [0.05, 0.1) is 19.8 Å². The van der Waals surface area contributed by atoms with Crippen molar-refractivity contribution in [3.05, 3.63) is 0 Å². The number of phosphoric acid groups is 1. The number of ether oxygens (including phenoxy) is 3. The summed E-state index contributed by atoms with van der Waals surface area (Å²) in [5.74, 6) is -0.318. The van der Waals surface area contributed by atoms with Crippen molar-refractivity contribution in [2.45, 2.75) is 226 Å². The fourth-order valence-electron chi connectivity index (χ4n) is 6.20. The second-order valence-electron chi connectivity index (χ2n) is 16.0. The summed E-state index contributed by atoms with van der Waals surface area (Å²) in [6, 6.07) is 0. The van der Waals surface area contributed by atoms with Crippen molar-refractivity contribution in [3.63, 3.8) is 0 Å². The van der Waals surface area contributed by atoms with Crippen LogP contribution in [0.4, 0.5) is 4.79 Å². The maximum atomic E-state index is 13.1. The zero-order valence-corrected chi connectivity index (χ0v) is 36.9. The molecule has 0 fully saturated rings. The van der Waals surface area contributed by atoms with Gasteiger partial charge in [0.1, 0.15) is 11.7 Å². The standard InChI is InChI=1S/C43H86NO9P/c1-7-9-11-13-15-17-19-21-23-25-27-29-31-33-36-49-38-40(39-51-54(47,48-6)50-37-35-44-42(46)53-43(3,4)5)52-41(45)34-32-30-28-26-24-22-20-18-16-14-12-10-8-2/h40H,7-39H2,1-6H3,(H,44,46)/t40-,54?/m1/s1. The summed E-state index contributed by atoms with van der Waals surface area (Å²) in [6.07, 6.45) is 33.1. The van der Waals surface area contributed by atoms with Crippen molar-refractivity contribution in [3.8, 4) is 0 Å². The summed E-state index contributed by atoms with van der Waals surface area (Å²) < 4.78 is 45.9. The third-order valence-electron chi connectivity index (χ3n) is 9.39. The number of alkyl carbamates (subject to hydrolysis) is 1. The van der Waals surface area contributed by atoms with E-state index in [4.69, 9.17) is 27.8 Å². The van der Waals surface area contributed by atoms with Crippen molar-refractivity contribution in [2.75, 3.05) is 40.1 Å². The topological polar surface area (TPSA) is 119 Å². The number of esters is 1. The van der Waals surface area contributed by atoms with Gasteiger partial charge in [0.25, 0.3) is 0 Å². The first-order valence-corrected chi connectivity index (χ1v) is 23.7. The Bertz CT molecular complexity index is 899. The molecule has 0 saturated carbocycles. The molecular formula is C43H86NO9P. The Morgan fingerprint density at radius 2 is 1.00 bits per heavy atom. The second-order valence-corrected chi connectivity index (χ2v) is 17.7. The molecule has 11 heteroatoms. The molecule has 0 saturated heterocycles. The van der Waals surface area contributed by atoms with Crippen LogP contribution in [0.3, 0.4) is 0 Å². The molecule has 0 bridgehead atoms. The number of phosphoric ester groups is 1. The Kier molecular flexibility index (Phi) is 36.6. The molecule has 54 heavy (non-hydrogen) atoms. The van der Waals surface area contributed by atoms with E-state index in [1.54, 1.807) is 20.8 Å². The Hall–Kier alpha value is -1.19. The number of carbonyl (C=O) groups excluding carboxylic acids is 2. The molecular weight excluding hydrogens is 705 g/mol. The van der Waals surface area contributed by atoms with Gasteiger partial charge in [-0.3, -0.25) is 18.4 Å². The van der Waals surface area contributed by atoms with Crippen LogP contribution in [0.15, 0.2) is 0 Å². The number of hydrogen-bond acceptors (Lipinski definition) is 9. The van der Waals surface area contributed by atoms with Crippen molar-refractivity contribution in [2.24, 2.45) is 0 Å². The van der Waals surface area contributed by atoms with Gasteiger partial charge in [-0.1, -0.05) is 174 Å². The lowest BCUT2D eigenvalue weighted by atomic mass is 10.0. The fraction of sp³-hybridized carbons (Fsp3) is 0.953. The molecule has 0 aromatic carbocycles. The highest BCUT2D eigenvalue weighted by molar-refractivity contribution is 7.48. The highest BCUT2D eigenvalue weighted by Gasteiger charge is 2.28. The van der Waals surface area contributed by atoms with Crippen LogP contribution in [0.2, 0.25) is 0 Å². The first-order valence-electron chi connectivity index (χ1n) is 22.2. The number of amides is 1. The van der Waals surface area contributed by atoms with Gasteiger partial charge < -0.3 is 19.5 Å². The monoisotopic (exact) mass is 792 g/mol. The molecule has 0 rings (SSSR count). The van der Waals surface area contributed by atoms with Crippen LogP contribution in [-0.4, -0.2) is 63.8 Å². The lowest BCUT2D eigenvalue weighted by Crippen LogP contribution is -2.34. The summed E-state index contributed by atoms with van der Waals surface area (Å²) in [7, 11) is -2.74. The molecule has 0 radical (unpaired) electrons. The summed E-state index contributed by atoms with van der Waals surface area (Å²) in [5.41, 5.74) is -0.635. The van der Waals surface area contributed by atoms with Crippen molar-refractivity contribution in [1.82, 2.24) is 5.32 Å². The fourth-order valence-corrected chi connectivity index (χ4v) is 7.15. The Balaban J connectivity index is 4.49. The minimum Gasteiger partial charge on any atom is -0.457 e. The van der Waals surface area contributed by atoms with Crippen LogP contribution >= 0.6 is 7.82 Å². The molecule has 10 nitrogen and oxygen atoms in total. The zero-order chi connectivity index (χ0) is 40.0. The van der Waals surface area contributed by atoms with Crippen LogP contribution < -0.4 is 5.32 Å². The van der Waals surface area contributed by atoms with Crippen LogP contribution in [0.25, 0.3) is 0 Å². The van der Waals surface area contributed by atoms with E-state index in [2.05, 4.69) is 19.2 Å². The van der Waals surface area contributed by atoms with E-state index in [0.29, 0.717) is 13.0 Å². The number of rotatable bonds is 40. The average molecular weight is 792 g/mol. The molecule has 1 amide bonds. The van der Waals surface area contributed by atoms with Crippen LogP contribution in [0, 0.1) is 0 Å². The van der Waals surface area contributed by atoms with Crippen molar-refractivity contribution < 1.29 is 41.9 Å². The third kappa shape index (κ3) is 37.7. The third-order valence-corrected chi connectivity index (χ3v) is 10.8. The second kappa shape index (κ2) is 37.4. The largest absolute Gasteiger partial charge is 0.474 e. The molecule has 0 aliphatic rings. The summed E-state index contributed by atoms with van der Waals surface area (Å²) >= 11 is 0. The minimum absolute atomic E-state index is 0.0471. The van der Waals surface area contributed by atoms with Gasteiger partial charge in [-0.05, 0) is 33.6 Å². The van der Waals surface area contributed by atoms with E-state index in [1.807, 2.05) is 0 Å². The van der Waals surface area contributed by atoms with Crippen LogP contribution in [0.1, 0.15) is 214 Å². The summed E-state index contributed by atoms with van der Waals surface area (Å²) in [5, 5.41) is 2.54. The van der Waals surface area contributed by atoms with Gasteiger partial charge in [0, 0.05) is 26.7 Å². The normalized spacial score (nSPS) is 13.4. The SMILES string of the molecule is CCCCCCCCCCCCCCCCOC[C@H](COP(=O)(OC)OCCNC(=O)OC(C)(C)C)OC(=O)CCCCCCCCCCCCCCC. The number of hydrogen-bond donors (Lipinski definition) is 1. The molecule has 0 aromatic rings. The van der Waals surface area contributed by atoms with Gasteiger partial charge in [-0.15, -0.1) is 0 Å². The molecule has 1 unspecified atom stereocenters. The van der Waals surface area contributed by atoms with E-state index in [-0.39, 0.29) is 32.3 Å². The predicted octanol–water partition coefficient (Wildman–Crippen LogP) is 13.2. The average Bonchev–Trinajstić information content (AvgIpc) is 3.13. The van der Waals surface area contributed by atoms with Gasteiger partial charge in [0.2, 0.25) is 0 Å². The van der Waals surface area contributed by atoms with E-state index in [0.717, 1.165) is 32.1 Å². The smallest absolute Gasteiger partial charge is 0.457 e. The van der Waals surface area contributed by atoms with E-state index in [9.17, 15) is 14.2 Å². The van der Waals surface area contributed by atoms with E-state index >= 15 is 0 Å². The lowest BCUT2D eigenvalue weighted by molar-refractivity contribution is -0.154. The minimum atomic E-state index is -3.96. The molecule has 0 aliphatic heterocycles. The molecule has 2 atom stereocenters. The highest BCUT2D eigenvalue weighted by atomic mass is 31.2. The Morgan fingerprint density at radius 1 is 0.574 bits per heavy atom. The van der Waals surface area contributed by atoms with Crippen LogP contribution in [-0.2, 0) is 37.1 Å². The van der Waals surface area contributed by atoms with Gasteiger partial charge in [-0.2, -0.15) is 0 Å². The maximum absolute atomic E-state index is 13.1. The Morgan fingerprint density at radius 3 is 1.43 bits per heavy atom. The molecule has 322 valence electrons. The van der Waals surface area contributed by atoms with E-state index in [1.165, 1.54) is 148 Å². The molecule has 0 heterocycles. The first-order chi connectivity index (χ1) is 26.0. The highest BCUT2D eigenvalue weighted by Crippen LogP contribution is 2.48. The summed E-state index contributed by atoms with van der Waals surface area (Å²) in [6.45, 7) is 10.2. The van der Waals surface area contributed by atoms with Crippen molar-refractivity contribution >= 4 is 19.9 Å². The van der Waals surface area contributed by atoms with Crippen molar-refractivity contribution in [1.29, 1.82) is 0 Å². The van der Waals surface area contributed by atoms with Crippen LogP contribution in [0.5, 0.6) is 0 Å². The number of unbranched alkanes of at least 4 members (excludes halogenated alkanes) is 25. The molecule has 0 spiro atoms. The van der Waals surface area contributed by atoms with Gasteiger partial charge in [0.15, 0.2) is 0 Å². The quantitative estimate of drug-likeness (QED) is 0.0367. The van der Waals surface area contributed by atoms with E-state index < -0.39 is 25.6 Å². The van der Waals surface area contributed by atoms with Gasteiger partial charge >= 0.3 is 19.9 Å². The molecule has 0 aliphatic carbocycles. The zero-order valence-electron chi connectivity index (χ0n) is 36.0.